The molecule has 6 nitrogen and oxygen atoms in total. The molecule has 9 heteroatoms. The van der Waals surface area contributed by atoms with Gasteiger partial charge in [0.2, 0.25) is 0 Å². The van der Waals surface area contributed by atoms with E-state index in [1.165, 1.54) is 6.07 Å². The number of carbonyl (C=O) groups is 2. The Bertz CT molecular complexity index is 525. The van der Waals surface area contributed by atoms with Crippen LogP contribution in [0.5, 0.6) is 0 Å². The van der Waals surface area contributed by atoms with Crippen molar-refractivity contribution in [2.45, 2.75) is 6.43 Å². The fourth-order valence-electron chi connectivity index (χ4n) is 1.60. The molecule has 0 heterocycles. The highest BCUT2D eigenvalue weighted by Crippen LogP contribution is 2.19. The molecule has 0 fully saturated rings. The number of aliphatic hydroxyl groups excluding tert-OH is 1. The van der Waals surface area contributed by atoms with Gasteiger partial charge in [-0.05, 0) is 12.1 Å². The molecule has 0 aromatic heterocycles. The molecule has 21 heavy (non-hydrogen) atoms. The Kier molecular flexibility index (Phi) is 5.97. The zero-order chi connectivity index (χ0) is 16.0. The SMILES string of the molecule is O=C(O)c1c(F)cccc1NC(=O)N(CCO)CC(F)F. The van der Waals surface area contributed by atoms with Crippen LogP contribution in [0.15, 0.2) is 18.2 Å². The minimum Gasteiger partial charge on any atom is -0.478 e. The van der Waals surface area contributed by atoms with E-state index in [0.29, 0.717) is 4.90 Å². The molecule has 0 radical (unpaired) electrons. The number of carboxylic acid groups (broad SMARTS) is 1. The van der Waals surface area contributed by atoms with Crippen molar-refractivity contribution >= 4 is 17.7 Å². The summed E-state index contributed by atoms with van der Waals surface area (Å²) in [5.74, 6) is -2.67. The second kappa shape index (κ2) is 7.48. The second-order valence-corrected chi connectivity index (χ2v) is 3.96. The topological polar surface area (TPSA) is 89.9 Å². The van der Waals surface area contributed by atoms with Crippen LogP contribution in [0.3, 0.4) is 0 Å². The van der Waals surface area contributed by atoms with E-state index < -0.39 is 43.0 Å². The normalized spacial score (nSPS) is 10.5. The summed E-state index contributed by atoms with van der Waals surface area (Å²) in [4.78, 5) is 23.3. The van der Waals surface area contributed by atoms with Crippen molar-refractivity contribution < 1.29 is 33.0 Å². The quantitative estimate of drug-likeness (QED) is 0.745. The third kappa shape index (κ3) is 4.63. The first-order valence-electron chi connectivity index (χ1n) is 5.83. The third-order valence-corrected chi connectivity index (χ3v) is 2.48. The summed E-state index contributed by atoms with van der Waals surface area (Å²) < 4.78 is 38.0. The Morgan fingerprint density at radius 3 is 2.52 bits per heavy atom. The van der Waals surface area contributed by atoms with Crippen LogP contribution >= 0.6 is 0 Å². The Labute approximate surface area is 117 Å². The first-order chi connectivity index (χ1) is 9.86. The molecule has 0 spiro atoms. The molecule has 1 aromatic carbocycles. The zero-order valence-corrected chi connectivity index (χ0v) is 10.7. The van der Waals surface area contributed by atoms with Gasteiger partial charge in [0.25, 0.3) is 6.43 Å². The van der Waals surface area contributed by atoms with Gasteiger partial charge in [-0.1, -0.05) is 6.07 Å². The monoisotopic (exact) mass is 306 g/mol. The van der Waals surface area contributed by atoms with Gasteiger partial charge in [-0.3, -0.25) is 0 Å². The number of amides is 2. The second-order valence-electron chi connectivity index (χ2n) is 3.96. The molecule has 0 bridgehead atoms. The van der Waals surface area contributed by atoms with Crippen LogP contribution in [-0.2, 0) is 0 Å². The summed E-state index contributed by atoms with van der Waals surface area (Å²) in [6, 6.07) is 2.13. The van der Waals surface area contributed by atoms with Crippen molar-refractivity contribution in [2.24, 2.45) is 0 Å². The van der Waals surface area contributed by atoms with Crippen molar-refractivity contribution in [1.82, 2.24) is 4.90 Å². The number of nitrogens with zero attached hydrogens (tertiary/aromatic N) is 1. The molecule has 1 aromatic rings. The molecule has 0 aliphatic heterocycles. The maximum absolute atomic E-state index is 13.4. The maximum Gasteiger partial charge on any atom is 0.340 e. The minimum absolute atomic E-state index is 0.357. The lowest BCUT2D eigenvalue weighted by atomic mass is 10.1. The van der Waals surface area contributed by atoms with Gasteiger partial charge in [-0.15, -0.1) is 0 Å². The summed E-state index contributed by atoms with van der Waals surface area (Å²) in [7, 11) is 0. The summed E-state index contributed by atoms with van der Waals surface area (Å²) in [5, 5.41) is 19.7. The number of hydrogen-bond acceptors (Lipinski definition) is 3. The molecular formula is C12H13F3N2O4. The van der Waals surface area contributed by atoms with Crippen LogP contribution in [0.2, 0.25) is 0 Å². The van der Waals surface area contributed by atoms with Gasteiger partial charge in [0.15, 0.2) is 0 Å². The van der Waals surface area contributed by atoms with Crippen LogP contribution in [0, 0.1) is 5.82 Å². The molecule has 0 aliphatic carbocycles. The van der Waals surface area contributed by atoms with Crippen molar-refractivity contribution in [3.05, 3.63) is 29.6 Å². The van der Waals surface area contributed by atoms with E-state index in [-0.39, 0.29) is 12.2 Å². The molecular weight excluding hydrogens is 293 g/mol. The van der Waals surface area contributed by atoms with Crippen LogP contribution in [0.25, 0.3) is 0 Å². The average molecular weight is 306 g/mol. The summed E-state index contributed by atoms with van der Waals surface area (Å²) in [6.07, 6.45) is -2.83. The molecule has 0 unspecified atom stereocenters. The first kappa shape index (κ1) is 16.8. The van der Waals surface area contributed by atoms with E-state index in [9.17, 15) is 22.8 Å². The van der Waals surface area contributed by atoms with Gasteiger partial charge in [0.05, 0.1) is 18.8 Å². The number of anilines is 1. The van der Waals surface area contributed by atoms with Crippen molar-refractivity contribution in [3.63, 3.8) is 0 Å². The van der Waals surface area contributed by atoms with Crippen LogP contribution < -0.4 is 5.32 Å². The Hall–Kier alpha value is -2.29. The Balaban J connectivity index is 2.96. The smallest absolute Gasteiger partial charge is 0.340 e. The van der Waals surface area contributed by atoms with E-state index in [2.05, 4.69) is 0 Å². The van der Waals surface area contributed by atoms with Crippen LogP contribution in [0.1, 0.15) is 10.4 Å². The number of urea groups is 1. The molecule has 3 N–H and O–H groups in total. The maximum atomic E-state index is 13.4. The number of alkyl halides is 2. The van der Waals surface area contributed by atoms with E-state index in [0.717, 1.165) is 12.1 Å². The first-order valence-corrected chi connectivity index (χ1v) is 5.83. The van der Waals surface area contributed by atoms with E-state index in [4.69, 9.17) is 10.2 Å². The number of carboxylic acids is 1. The van der Waals surface area contributed by atoms with Gasteiger partial charge in [0.1, 0.15) is 11.4 Å². The molecule has 0 saturated heterocycles. The van der Waals surface area contributed by atoms with Crippen LogP contribution in [-0.4, -0.2) is 53.2 Å². The lowest BCUT2D eigenvalue weighted by molar-refractivity contribution is 0.0692. The number of aliphatic hydroxyl groups is 1. The largest absolute Gasteiger partial charge is 0.478 e. The predicted molar refractivity (Wildman–Crippen MR) is 67.0 cm³/mol. The lowest BCUT2D eigenvalue weighted by Crippen LogP contribution is -2.40. The fourth-order valence-corrected chi connectivity index (χ4v) is 1.60. The van der Waals surface area contributed by atoms with Gasteiger partial charge in [0, 0.05) is 6.54 Å². The van der Waals surface area contributed by atoms with E-state index in [1.807, 2.05) is 5.32 Å². The van der Waals surface area contributed by atoms with Gasteiger partial charge in [-0.25, -0.2) is 22.8 Å². The van der Waals surface area contributed by atoms with Crippen molar-refractivity contribution in [2.75, 3.05) is 25.0 Å². The summed E-state index contributed by atoms with van der Waals surface area (Å²) >= 11 is 0. The Morgan fingerprint density at radius 1 is 1.33 bits per heavy atom. The number of rotatable bonds is 6. The van der Waals surface area contributed by atoms with E-state index >= 15 is 0 Å². The average Bonchev–Trinajstić information content (AvgIpc) is 2.37. The molecule has 2 amide bonds. The summed E-state index contributed by atoms with van der Waals surface area (Å²) in [6.45, 7) is -1.85. The molecule has 116 valence electrons. The van der Waals surface area contributed by atoms with E-state index in [1.54, 1.807) is 0 Å². The summed E-state index contributed by atoms with van der Waals surface area (Å²) in [5.41, 5.74) is -1.13. The standard InChI is InChI=1S/C12H13F3N2O4/c13-7-2-1-3-8(10(7)11(19)20)16-12(21)17(4-5-18)6-9(14)15/h1-3,9,18H,4-6H2,(H,16,21)(H,19,20). The number of carbonyl (C=O) groups excluding carboxylic acids is 1. The molecule has 1 rings (SSSR count). The van der Waals surface area contributed by atoms with Gasteiger partial charge in [-0.2, -0.15) is 0 Å². The molecule has 0 atom stereocenters. The lowest BCUT2D eigenvalue weighted by Gasteiger charge is -2.22. The molecule has 0 saturated carbocycles. The number of halogens is 3. The Morgan fingerprint density at radius 2 is 2.00 bits per heavy atom. The zero-order valence-electron chi connectivity index (χ0n) is 10.7. The van der Waals surface area contributed by atoms with Gasteiger partial charge < -0.3 is 20.4 Å². The van der Waals surface area contributed by atoms with Crippen molar-refractivity contribution in [3.8, 4) is 0 Å². The fraction of sp³-hybridized carbons (Fsp3) is 0.333. The van der Waals surface area contributed by atoms with Crippen LogP contribution in [0.4, 0.5) is 23.7 Å². The number of aromatic carboxylic acids is 1. The highest BCUT2D eigenvalue weighted by atomic mass is 19.3. The number of benzene rings is 1. The minimum atomic E-state index is -2.83. The highest BCUT2D eigenvalue weighted by molar-refractivity contribution is 6.00. The van der Waals surface area contributed by atoms with Crippen molar-refractivity contribution in [1.29, 1.82) is 0 Å². The predicted octanol–water partition coefficient (Wildman–Crippen LogP) is 1.62. The highest BCUT2D eigenvalue weighted by Gasteiger charge is 2.21. The third-order valence-electron chi connectivity index (χ3n) is 2.48. The molecule has 0 aliphatic rings. The number of nitrogens with one attached hydrogen (secondary N) is 1. The number of hydrogen-bond donors (Lipinski definition) is 3. The van der Waals surface area contributed by atoms with Gasteiger partial charge >= 0.3 is 12.0 Å².